The molecule has 26 heavy (non-hydrogen) atoms. The number of nitrogens with two attached hydrogens (primary N) is 1. The number of halogens is 3. The number of hydrogen-bond donors (Lipinski definition) is 2. The molecule has 1 heterocycles. The van der Waals surface area contributed by atoms with Gasteiger partial charge in [-0.3, -0.25) is 9.59 Å². The number of nitrogens with one attached hydrogen (secondary N) is 1. The Hall–Kier alpha value is -1.74. The smallest absolute Gasteiger partial charge is 0.326 e. The van der Waals surface area contributed by atoms with Gasteiger partial charge in [-0.15, -0.1) is 11.8 Å². The zero-order valence-corrected chi connectivity index (χ0v) is 15.6. The van der Waals surface area contributed by atoms with Gasteiger partial charge in [-0.2, -0.15) is 13.2 Å². The fourth-order valence-corrected chi connectivity index (χ4v) is 3.72. The van der Waals surface area contributed by atoms with Crippen molar-refractivity contribution < 1.29 is 22.8 Å². The molecule has 0 aliphatic carbocycles. The summed E-state index contributed by atoms with van der Waals surface area (Å²) in [6.07, 6.45) is -4.54. The van der Waals surface area contributed by atoms with E-state index in [4.69, 9.17) is 5.73 Å². The lowest BCUT2D eigenvalue weighted by Crippen LogP contribution is -2.48. The van der Waals surface area contributed by atoms with Gasteiger partial charge in [0.25, 0.3) is 0 Å². The van der Waals surface area contributed by atoms with Gasteiger partial charge in [-0.05, 0) is 23.8 Å². The summed E-state index contributed by atoms with van der Waals surface area (Å²) in [6, 6.07) is 2.51. The van der Waals surface area contributed by atoms with Crippen LogP contribution in [0, 0.1) is 5.41 Å². The van der Waals surface area contributed by atoms with Crippen LogP contribution >= 0.6 is 11.8 Å². The summed E-state index contributed by atoms with van der Waals surface area (Å²) in [5.41, 5.74) is 4.22. The summed E-state index contributed by atoms with van der Waals surface area (Å²) in [6.45, 7) is 5.19. The van der Waals surface area contributed by atoms with Crippen molar-refractivity contribution in [3.8, 4) is 0 Å². The lowest BCUT2D eigenvalue weighted by Gasteiger charge is -2.29. The number of anilines is 1. The van der Waals surface area contributed by atoms with Gasteiger partial charge in [0.15, 0.2) is 0 Å². The van der Waals surface area contributed by atoms with Crippen molar-refractivity contribution in [2.24, 2.45) is 11.1 Å². The number of thioether (sulfide) groups is 1. The predicted molar refractivity (Wildman–Crippen MR) is 95.4 cm³/mol. The second kappa shape index (κ2) is 7.48. The molecule has 1 aromatic carbocycles. The Kier molecular flexibility index (Phi) is 5.92. The second-order valence-corrected chi connectivity index (χ2v) is 8.15. The molecule has 0 saturated carbocycles. The van der Waals surface area contributed by atoms with E-state index >= 15 is 0 Å². The van der Waals surface area contributed by atoms with E-state index in [9.17, 15) is 22.8 Å². The highest BCUT2D eigenvalue weighted by atomic mass is 32.2. The third-order valence-electron chi connectivity index (χ3n) is 3.91. The SMILES string of the molecule is CC(C)(C)C(=O)N1CSCC1C(=O)Nc1cc(CN)cc(C(F)(F)F)c1. The molecule has 0 bridgehead atoms. The Morgan fingerprint density at radius 3 is 2.46 bits per heavy atom. The maximum Gasteiger partial charge on any atom is 0.416 e. The molecule has 2 amide bonds. The van der Waals surface area contributed by atoms with Crippen molar-refractivity contribution >= 4 is 29.3 Å². The van der Waals surface area contributed by atoms with Crippen LogP contribution < -0.4 is 11.1 Å². The average Bonchev–Trinajstić information content (AvgIpc) is 3.01. The molecule has 1 aromatic rings. The Morgan fingerprint density at radius 2 is 1.92 bits per heavy atom. The number of rotatable bonds is 3. The molecule has 1 atom stereocenters. The molecule has 1 unspecified atom stereocenters. The first kappa shape index (κ1) is 20.6. The minimum absolute atomic E-state index is 0.0188. The Labute approximate surface area is 154 Å². The fraction of sp³-hybridized carbons (Fsp3) is 0.529. The quantitative estimate of drug-likeness (QED) is 0.833. The van der Waals surface area contributed by atoms with Crippen LogP contribution in [0.5, 0.6) is 0 Å². The van der Waals surface area contributed by atoms with Crippen molar-refractivity contribution in [1.82, 2.24) is 4.90 Å². The van der Waals surface area contributed by atoms with E-state index in [1.807, 2.05) is 0 Å². The lowest BCUT2D eigenvalue weighted by atomic mass is 9.94. The minimum Gasteiger partial charge on any atom is -0.326 e. The van der Waals surface area contributed by atoms with E-state index in [1.165, 1.54) is 22.7 Å². The largest absolute Gasteiger partial charge is 0.416 e. The molecule has 5 nitrogen and oxygen atoms in total. The number of hydrogen-bond acceptors (Lipinski definition) is 4. The van der Waals surface area contributed by atoms with Crippen LogP contribution in [0.1, 0.15) is 31.9 Å². The zero-order valence-electron chi connectivity index (χ0n) is 14.8. The van der Waals surface area contributed by atoms with E-state index in [0.717, 1.165) is 12.1 Å². The number of amides is 2. The number of nitrogens with zero attached hydrogens (tertiary/aromatic N) is 1. The zero-order chi connectivity index (χ0) is 19.7. The van der Waals surface area contributed by atoms with Crippen LogP contribution in [0.15, 0.2) is 18.2 Å². The monoisotopic (exact) mass is 389 g/mol. The standard InChI is InChI=1S/C17H22F3N3O2S/c1-16(2,3)15(25)23-9-26-8-13(23)14(24)22-12-5-10(7-21)4-11(6-12)17(18,19)20/h4-6,13H,7-9,21H2,1-3H3,(H,22,24). The first-order valence-corrected chi connectivity index (χ1v) is 9.20. The van der Waals surface area contributed by atoms with Gasteiger partial charge in [-0.25, -0.2) is 0 Å². The molecular formula is C17H22F3N3O2S. The molecular weight excluding hydrogens is 367 g/mol. The summed E-state index contributed by atoms with van der Waals surface area (Å²) in [5, 5.41) is 2.51. The Bertz CT molecular complexity index is 701. The van der Waals surface area contributed by atoms with Crippen LogP contribution in [0.3, 0.4) is 0 Å². The summed E-state index contributed by atoms with van der Waals surface area (Å²) < 4.78 is 39.0. The van der Waals surface area contributed by atoms with Crippen LogP contribution in [0.4, 0.5) is 18.9 Å². The summed E-state index contributed by atoms with van der Waals surface area (Å²) in [4.78, 5) is 26.5. The molecule has 3 N–H and O–H groups in total. The second-order valence-electron chi connectivity index (χ2n) is 7.15. The van der Waals surface area contributed by atoms with Gasteiger partial charge in [0.2, 0.25) is 11.8 Å². The molecule has 9 heteroatoms. The van der Waals surface area contributed by atoms with E-state index in [1.54, 1.807) is 20.8 Å². The molecule has 1 aliphatic rings. The van der Waals surface area contributed by atoms with Gasteiger partial charge in [0.1, 0.15) is 6.04 Å². The van der Waals surface area contributed by atoms with E-state index in [0.29, 0.717) is 11.6 Å². The Balaban J connectivity index is 2.22. The van der Waals surface area contributed by atoms with Crippen molar-refractivity contribution in [3.63, 3.8) is 0 Å². The Morgan fingerprint density at radius 1 is 1.27 bits per heavy atom. The van der Waals surface area contributed by atoms with Gasteiger partial charge in [0, 0.05) is 23.4 Å². The highest BCUT2D eigenvalue weighted by Gasteiger charge is 2.39. The molecule has 0 radical (unpaired) electrons. The van der Waals surface area contributed by atoms with Crippen LogP contribution in [0.2, 0.25) is 0 Å². The summed E-state index contributed by atoms with van der Waals surface area (Å²) in [7, 11) is 0. The molecule has 1 aliphatic heterocycles. The van der Waals surface area contributed by atoms with Crippen LogP contribution in [-0.2, 0) is 22.3 Å². The highest BCUT2D eigenvalue weighted by Crippen LogP contribution is 2.33. The minimum atomic E-state index is -4.54. The average molecular weight is 389 g/mol. The maximum atomic E-state index is 13.0. The molecule has 0 aromatic heterocycles. The number of alkyl halides is 3. The fourth-order valence-electron chi connectivity index (χ4n) is 2.56. The molecule has 0 spiro atoms. The number of carbonyl (C=O) groups is 2. The first-order valence-electron chi connectivity index (χ1n) is 8.04. The van der Waals surface area contributed by atoms with Crippen molar-refractivity contribution in [2.75, 3.05) is 16.9 Å². The van der Waals surface area contributed by atoms with Gasteiger partial charge >= 0.3 is 6.18 Å². The molecule has 1 saturated heterocycles. The summed E-state index contributed by atoms with van der Waals surface area (Å²) >= 11 is 1.43. The molecule has 2 rings (SSSR count). The maximum absolute atomic E-state index is 13.0. The van der Waals surface area contributed by atoms with E-state index in [-0.39, 0.29) is 23.7 Å². The van der Waals surface area contributed by atoms with E-state index < -0.39 is 29.1 Å². The van der Waals surface area contributed by atoms with Crippen LogP contribution in [0.25, 0.3) is 0 Å². The van der Waals surface area contributed by atoms with Crippen molar-refractivity contribution in [1.29, 1.82) is 0 Å². The van der Waals surface area contributed by atoms with Crippen molar-refractivity contribution in [3.05, 3.63) is 29.3 Å². The number of carbonyl (C=O) groups excluding carboxylic acids is 2. The van der Waals surface area contributed by atoms with Crippen LogP contribution in [-0.4, -0.2) is 34.4 Å². The third kappa shape index (κ3) is 4.70. The topological polar surface area (TPSA) is 75.4 Å². The number of benzene rings is 1. The van der Waals surface area contributed by atoms with Crippen molar-refractivity contribution in [2.45, 2.75) is 39.5 Å². The van der Waals surface area contributed by atoms with Gasteiger partial charge < -0.3 is 16.0 Å². The normalized spacial score (nSPS) is 18.1. The highest BCUT2D eigenvalue weighted by molar-refractivity contribution is 7.99. The van der Waals surface area contributed by atoms with Gasteiger partial charge in [0.05, 0.1) is 11.4 Å². The van der Waals surface area contributed by atoms with Gasteiger partial charge in [-0.1, -0.05) is 20.8 Å². The molecule has 144 valence electrons. The predicted octanol–water partition coefficient (Wildman–Crippen LogP) is 3.05. The first-order chi connectivity index (χ1) is 11.9. The third-order valence-corrected chi connectivity index (χ3v) is 4.92. The lowest BCUT2D eigenvalue weighted by molar-refractivity contribution is -0.143. The molecule has 1 fully saturated rings. The summed E-state index contributed by atoms with van der Waals surface area (Å²) in [5.74, 6) is 0.102. The van der Waals surface area contributed by atoms with E-state index in [2.05, 4.69) is 5.32 Å².